The number of rotatable bonds is 5. The third-order valence-electron chi connectivity index (χ3n) is 4.30. The highest BCUT2D eigenvalue weighted by atomic mass is 16.7. The van der Waals surface area contributed by atoms with Gasteiger partial charge in [-0.15, -0.1) is 0 Å². The molecule has 5 nitrogen and oxygen atoms in total. The third-order valence-corrected chi connectivity index (χ3v) is 4.30. The Hall–Kier alpha value is -1.75. The molecule has 0 spiro atoms. The van der Waals surface area contributed by atoms with Gasteiger partial charge in [-0.3, -0.25) is 9.69 Å². The number of amides is 1. The van der Waals surface area contributed by atoms with Crippen molar-refractivity contribution >= 4 is 5.91 Å². The SMILES string of the molecule is CC(Cc1ccc2c(c1)OCO2)N(C)C(C)NC(=O)C(C)(C)C. The van der Waals surface area contributed by atoms with Gasteiger partial charge in [-0.2, -0.15) is 0 Å². The Balaban J connectivity index is 1.94. The van der Waals surface area contributed by atoms with Crippen molar-refractivity contribution in [1.82, 2.24) is 10.2 Å². The van der Waals surface area contributed by atoms with Crippen molar-refractivity contribution in [3.8, 4) is 11.5 Å². The summed E-state index contributed by atoms with van der Waals surface area (Å²) in [4.78, 5) is 14.3. The summed E-state index contributed by atoms with van der Waals surface area (Å²) in [5.41, 5.74) is 0.818. The standard InChI is InChI=1S/C18H28N2O3/c1-12(20(6)13(2)19-17(21)18(3,4)5)9-14-7-8-15-16(10-14)23-11-22-15/h7-8,10,12-13H,9,11H2,1-6H3,(H,19,21). The van der Waals surface area contributed by atoms with Crippen molar-refractivity contribution in [3.05, 3.63) is 23.8 Å². The molecular weight excluding hydrogens is 292 g/mol. The molecule has 0 saturated carbocycles. The molecule has 1 aromatic carbocycles. The van der Waals surface area contributed by atoms with Crippen LogP contribution in [0.15, 0.2) is 18.2 Å². The monoisotopic (exact) mass is 320 g/mol. The van der Waals surface area contributed by atoms with E-state index in [9.17, 15) is 4.79 Å². The fourth-order valence-corrected chi connectivity index (χ4v) is 2.44. The summed E-state index contributed by atoms with van der Waals surface area (Å²) in [5.74, 6) is 1.68. The fourth-order valence-electron chi connectivity index (χ4n) is 2.44. The molecule has 0 aliphatic carbocycles. The number of ether oxygens (including phenoxy) is 2. The lowest BCUT2D eigenvalue weighted by molar-refractivity contribution is -0.130. The summed E-state index contributed by atoms with van der Waals surface area (Å²) in [6.07, 6.45) is 0.855. The molecule has 1 heterocycles. The Bertz CT molecular complexity index is 566. The molecule has 2 atom stereocenters. The zero-order valence-corrected chi connectivity index (χ0v) is 15.0. The summed E-state index contributed by atoms with van der Waals surface area (Å²) >= 11 is 0. The molecule has 2 unspecified atom stereocenters. The first-order chi connectivity index (χ1) is 10.7. The minimum absolute atomic E-state index is 0.0225. The minimum Gasteiger partial charge on any atom is -0.454 e. The second-order valence-electron chi connectivity index (χ2n) is 7.31. The average molecular weight is 320 g/mol. The van der Waals surface area contributed by atoms with E-state index in [-0.39, 0.29) is 23.5 Å². The Morgan fingerprint density at radius 3 is 2.57 bits per heavy atom. The molecule has 1 N–H and O–H groups in total. The molecule has 23 heavy (non-hydrogen) atoms. The Morgan fingerprint density at radius 1 is 1.26 bits per heavy atom. The number of fused-ring (bicyclic) bond motifs is 1. The molecule has 0 radical (unpaired) electrons. The number of benzene rings is 1. The Morgan fingerprint density at radius 2 is 1.91 bits per heavy atom. The molecule has 5 heteroatoms. The van der Waals surface area contributed by atoms with Crippen molar-refractivity contribution in [1.29, 1.82) is 0 Å². The van der Waals surface area contributed by atoms with Gasteiger partial charge in [0, 0.05) is 11.5 Å². The zero-order valence-electron chi connectivity index (χ0n) is 15.0. The van der Waals surface area contributed by atoms with E-state index in [1.54, 1.807) is 0 Å². The number of carbonyl (C=O) groups excluding carboxylic acids is 1. The minimum atomic E-state index is -0.379. The number of carbonyl (C=O) groups is 1. The highest BCUT2D eigenvalue weighted by Crippen LogP contribution is 2.33. The third kappa shape index (κ3) is 4.38. The molecule has 0 bridgehead atoms. The predicted molar refractivity (Wildman–Crippen MR) is 90.6 cm³/mol. The summed E-state index contributed by atoms with van der Waals surface area (Å²) in [7, 11) is 2.03. The van der Waals surface area contributed by atoms with Gasteiger partial charge in [0.05, 0.1) is 6.17 Å². The van der Waals surface area contributed by atoms with E-state index in [0.29, 0.717) is 6.79 Å². The molecule has 1 amide bonds. The number of hydrogen-bond donors (Lipinski definition) is 1. The Labute approximate surface area is 139 Å². The number of likely N-dealkylation sites (N-methyl/N-ethyl adjacent to an activating group) is 1. The molecule has 1 aliphatic rings. The summed E-state index contributed by atoms with van der Waals surface area (Å²) in [6.45, 7) is 10.2. The lowest BCUT2D eigenvalue weighted by atomic mass is 9.95. The molecule has 1 aliphatic heterocycles. The van der Waals surface area contributed by atoms with Crippen LogP contribution >= 0.6 is 0 Å². The summed E-state index contributed by atoms with van der Waals surface area (Å²) < 4.78 is 10.8. The van der Waals surface area contributed by atoms with Gasteiger partial charge in [0.25, 0.3) is 0 Å². The van der Waals surface area contributed by atoms with E-state index in [0.717, 1.165) is 17.9 Å². The van der Waals surface area contributed by atoms with Gasteiger partial charge >= 0.3 is 0 Å². The van der Waals surface area contributed by atoms with E-state index in [2.05, 4.69) is 23.2 Å². The van der Waals surface area contributed by atoms with Crippen LogP contribution in [0.5, 0.6) is 11.5 Å². The fraction of sp³-hybridized carbons (Fsp3) is 0.611. The van der Waals surface area contributed by atoms with Gasteiger partial charge in [-0.05, 0) is 45.0 Å². The molecule has 2 rings (SSSR count). The lowest BCUT2D eigenvalue weighted by Crippen LogP contribution is -2.51. The molecule has 0 aromatic heterocycles. The van der Waals surface area contributed by atoms with Crippen LogP contribution in [0, 0.1) is 5.41 Å². The highest BCUT2D eigenvalue weighted by Gasteiger charge is 2.25. The first-order valence-corrected chi connectivity index (χ1v) is 8.10. The topological polar surface area (TPSA) is 50.8 Å². The maximum absolute atomic E-state index is 12.1. The van der Waals surface area contributed by atoms with Crippen molar-refractivity contribution in [3.63, 3.8) is 0 Å². The quantitative estimate of drug-likeness (QED) is 0.848. The van der Waals surface area contributed by atoms with E-state index < -0.39 is 0 Å². The van der Waals surface area contributed by atoms with E-state index in [4.69, 9.17) is 9.47 Å². The van der Waals surface area contributed by atoms with Crippen LogP contribution in [0.4, 0.5) is 0 Å². The second-order valence-corrected chi connectivity index (χ2v) is 7.31. The summed E-state index contributed by atoms with van der Waals surface area (Å²) in [5, 5.41) is 3.07. The lowest BCUT2D eigenvalue weighted by Gasteiger charge is -2.33. The molecule has 0 saturated heterocycles. The van der Waals surface area contributed by atoms with Gasteiger partial charge in [0.15, 0.2) is 11.5 Å². The van der Waals surface area contributed by atoms with Crippen molar-refractivity contribution in [2.45, 2.75) is 53.2 Å². The number of nitrogens with one attached hydrogen (secondary N) is 1. The molecule has 0 fully saturated rings. The molecule has 1 aromatic rings. The van der Waals surface area contributed by atoms with Crippen molar-refractivity contribution in [2.24, 2.45) is 5.41 Å². The van der Waals surface area contributed by atoms with Gasteiger partial charge in [0.2, 0.25) is 12.7 Å². The molecule has 128 valence electrons. The Kier molecular flexibility index (Phi) is 5.19. The van der Waals surface area contributed by atoms with E-state index >= 15 is 0 Å². The number of nitrogens with zero attached hydrogens (tertiary/aromatic N) is 1. The van der Waals surface area contributed by atoms with Gasteiger partial charge in [-0.1, -0.05) is 26.8 Å². The second kappa shape index (κ2) is 6.79. The van der Waals surface area contributed by atoms with Crippen LogP contribution in [-0.2, 0) is 11.2 Å². The first-order valence-electron chi connectivity index (χ1n) is 8.10. The van der Waals surface area contributed by atoms with Crippen LogP contribution in [0.1, 0.15) is 40.2 Å². The van der Waals surface area contributed by atoms with E-state index in [1.807, 2.05) is 46.9 Å². The van der Waals surface area contributed by atoms with Crippen molar-refractivity contribution in [2.75, 3.05) is 13.8 Å². The average Bonchev–Trinajstić information content (AvgIpc) is 2.92. The maximum Gasteiger partial charge on any atom is 0.231 e. The largest absolute Gasteiger partial charge is 0.454 e. The van der Waals surface area contributed by atoms with Crippen LogP contribution in [-0.4, -0.2) is 36.9 Å². The van der Waals surface area contributed by atoms with Crippen LogP contribution in [0.2, 0.25) is 0 Å². The van der Waals surface area contributed by atoms with Crippen LogP contribution in [0.25, 0.3) is 0 Å². The summed E-state index contributed by atoms with van der Waals surface area (Å²) in [6, 6.07) is 6.34. The van der Waals surface area contributed by atoms with Gasteiger partial charge in [-0.25, -0.2) is 0 Å². The maximum atomic E-state index is 12.1. The normalized spacial score (nSPS) is 16.3. The smallest absolute Gasteiger partial charge is 0.231 e. The van der Waals surface area contributed by atoms with Crippen molar-refractivity contribution < 1.29 is 14.3 Å². The predicted octanol–water partition coefficient (Wildman–Crippen LogP) is 2.79. The molecular formula is C18H28N2O3. The van der Waals surface area contributed by atoms with Gasteiger partial charge < -0.3 is 14.8 Å². The van der Waals surface area contributed by atoms with Gasteiger partial charge in [0.1, 0.15) is 0 Å². The van der Waals surface area contributed by atoms with Crippen LogP contribution < -0.4 is 14.8 Å². The van der Waals surface area contributed by atoms with Crippen LogP contribution in [0.3, 0.4) is 0 Å². The number of hydrogen-bond acceptors (Lipinski definition) is 4. The van der Waals surface area contributed by atoms with E-state index in [1.165, 1.54) is 5.56 Å². The zero-order chi connectivity index (χ0) is 17.2. The first kappa shape index (κ1) is 17.6. The highest BCUT2D eigenvalue weighted by molar-refractivity contribution is 5.81.